The standard InChI is InChI=1S/C25H22ClN3O4S2/c26-17-7-10-19(11-8-17)35(32,33)29-13-3-4-16(15-29)24(31)27-18-9-12-22(30)20(14-18)25-28-21-5-1-2-6-23(21)34-25/h1-2,5-12,14,16,30H,3-4,13,15H2,(H,27,31). The highest BCUT2D eigenvalue weighted by atomic mass is 35.5. The molecule has 180 valence electrons. The Bertz CT molecular complexity index is 1470. The van der Waals surface area contributed by atoms with E-state index in [1.165, 1.54) is 46.0 Å². The van der Waals surface area contributed by atoms with Crippen LogP contribution in [0.4, 0.5) is 5.69 Å². The van der Waals surface area contributed by atoms with Crippen LogP contribution in [0.1, 0.15) is 12.8 Å². The molecule has 4 aromatic rings. The van der Waals surface area contributed by atoms with Gasteiger partial charge in [-0.15, -0.1) is 11.3 Å². The van der Waals surface area contributed by atoms with Gasteiger partial charge >= 0.3 is 0 Å². The molecule has 1 saturated heterocycles. The molecule has 1 aliphatic rings. The number of amides is 1. The molecule has 2 heterocycles. The number of para-hydroxylation sites is 1. The molecule has 1 atom stereocenters. The van der Waals surface area contributed by atoms with E-state index in [1.54, 1.807) is 12.1 Å². The van der Waals surface area contributed by atoms with Gasteiger partial charge in [0.2, 0.25) is 15.9 Å². The van der Waals surface area contributed by atoms with Gasteiger partial charge in [-0.3, -0.25) is 4.79 Å². The van der Waals surface area contributed by atoms with Gasteiger partial charge in [-0.2, -0.15) is 4.31 Å². The number of phenolic OH excluding ortho intramolecular Hbond substituents is 1. The summed E-state index contributed by atoms with van der Waals surface area (Å²) in [5, 5.41) is 14.4. The van der Waals surface area contributed by atoms with E-state index in [0.29, 0.717) is 40.7 Å². The van der Waals surface area contributed by atoms with Crippen molar-refractivity contribution < 1.29 is 18.3 Å². The van der Waals surface area contributed by atoms with E-state index in [2.05, 4.69) is 10.3 Å². The number of benzene rings is 3. The molecule has 7 nitrogen and oxygen atoms in total. The molecule has 0 radical (unpaired) electrons. The molecule has 0 spiro atoms. The molecule has 3 aromatic carbocycles. The van der Waals surface area contributed by atoms with Crippen LogP contribution >= 0.6 is 22.9 Å². The minimum Gasteiger partial charge on any atom is -0.507 e. The van der Waals surface area contributed by atoms with Gasteiger partial charge in [0.05, 0.1) is 26.6 Å². The van der Waals surface area contributed by atoms with Gasteiger partial charge in [-0.05, 0) is 67.4 Å². The number of piperidine rings is 1. The Morgan fingerprint density at radius 1 is 1.11 bits per heavy atom. The zero-order chi connectivity index (χ0) is 24.6. The Kier molecular flexibility index (Phi) is 6.50. The minimum atomic E-state index is -3.72. The second-order valence-corrected chi connectivity index (χ2v) is 11.8. The lowest BCUT2D eigenvalue weighted by Gasteiger charge is -2.31. The molecule has 0 aliphatic carbocycles. The minimum absolute atomic E-state index is 0.0694. The first-order valence-corrected chi connectivity index (χ1v) is 13.7. The molecule has 1 aliphatic heterocycles. The van der Waals surface area contributed by atoms with Crippen molar-refractivity contribution in [1.29, 1.82) is 0 Å². The highest BCUT2D eigenvalue weighted by Crippen LogP contribution is 2.37. The van der Waals surface area contributed by atoms with Crippen molar-refractivity contribution in [3.05, 3.63) is 71.8 Å². The van der Waals surface area contributed by atoms with Crippen LogP contribution in [0.2, 0.25) is 5.02 Å². The van der Waals surface area contributed by atoms with Crippen LogP contribution in [0.25, 0.3) is 20.8 Å². The first-order chi connectivity index (χ1) is 16.8. The fourth-order valence-corrected chi connectivity index (χ4v) is 6.79. The SMILES string of the molecule is O=C(Nc1ccc(O)c(-c2nc3ccccc3s2)c1)C1CCCN(S(=O)(=O)c2ccc(Cl)cc2)C1. The van der Waals surface area contributed by atoms with Gasteiger partial charge in [0.15, 0.2) is 0 Å². The zero-order valence-electron chi connectivity index (χ0n) is 18.5. The molecule has 0 bridgehead atoms. The number of nitrogens with one attached hydrogen (secondary N) is 1. The maximum atomic E-state index is 13.1. The Morgan fingerprint density at radius 2 is 1.89 bits per heavy atom. The second kappa shape index (κ2) is 9.58. The summed E-state index contributed by atoms with van der Waals surface area (Å²) in [5.41, 5.74) is 1.88. The molecular formula is C25H22ClN3O4S2. The topological polar surface area (TPSA) is 99.6 Å². The van der Waals surface area contributed by atoms with Crippen molar-refractivity contribution in [3.63, 3.8) is 0 Å². The van der Waals surface area contributed by atoms with Gasteiger partial charge in [-0.1, -0.05) is 23.7 Å². The number of halogens is 1. The van der Waals surface area contributed by atoms with Gasteiger partial charge in [0.1, 0.15) is 10.8 Å². The number of nitrogens with zero attached hydrogens (tertiary/aromatic N) is 2. The van der Waals surface area contributed by atoms with Gasteiger partial charge in [0, 0.05) is 23.8 Å². The normalized spacial score (nSPS) is 16.9. The molecule has 2 N–H and O–H groups in total. The van der Waals surface area contributed by atoms with E-state index < -0.39 is 15.9 Å². The van der Waals surface area contributed by atoms with E-state index in [9.17, 15) is 18.3 Å². The summed E-state index contributed by atoms with van der Waals surface area (Å²) in [6.07, 6.45) is 1.17. The molecule has 1 fully saturated rings. The van der Waals surface area contributed by atoms with E-state index in [4.69, 9.17) is 11.6 Å². The Labute approximate surface area is 212 Å². The number of carbonyl (C=O) groups is 1. The third-order valence-electron chi connectivity index (χ3n) is 5.99. The van der Waals surface area contributed by atoms with Crippen LogP contribution in [-0.2, 0) is 14.8 Å². The molecule has 5 rings (SSSR count). The molecule has 1 amide bonds. The number of hydrogen-bond acceptors (Lipinski definition) is 6. The number of sulfonamides is 1. The average molecular weight is 528 g/mol. The second-order valence-electron chi connectivity index (χ2n) is 8.36. The largest absolute Gasteiger partial charge is 0.507 e. The van der Waals surface area contributed by atoms with Crippen LogP contribution in [0.3, 0.4) is 0 Å². The lowest BCUT2D eigenvalue weighted by atomic mass is 9.98. The highest BCUT2D eigenvalue weighted by molar-refractivity contribution is 7.89. The molecule has 0 saturated carbocycles. The Hall–Kier alpha value is -2.98. The first kappa shape index (κ1) is 23.7. The highest BCUT2D eigenvalue weighted by Gasteiger charge is 2.33. The van der Waals surface area contributed by atoms with Crippen LogP contribution < -0.4 is 5.32 Å². The zero-order valence-corrected chi connectivity index (χ0v) is 20.9. The number of carbonyl (C=O) groups excluding carboxylic acids is 1. The number of aromatic nitrogens is 1. The third-order valence-corrected chi connectivity index (χ3v) is 9.20. The maximum Gasteiger partial charge on any atom is 0.243 e. The van der Waals surface area contributed by atoms with Gasteiger partial charge in [-0.25, -0.2) is 13.4 Å². The number of anilines is 1. The summed E-state index contributed by atoms with van der Waals surface area (Å²) in [6, 6.07) is 18.6. The van der Waals surface area contributed by atoms with Crippen molar-refractivity contribution in [2.75, 3.05) is 18.4 Å². The quantitative estimate of drug-likeness (QED) is 0.340. The van der Waals surface area contributed by atoms with E-state index in [-0.39, 0.29) is 23.1 Å². The molecular weight excluding hydrogens is 506 g/mol. The van der Waals surface area contributed by atoms with Crippen molar-refractivity contribution >= 4 is 54.8 Å². The van der Waals surface area contributed by atoms with Gasteiger partial charge < -0.3 is 10.4 Å². The monoisotopic (exact) mass is 527 g/mol. The number of rotatable bonds is 5. The smallest absolute Gasteiger partial charge is 0.243 e. The lowest BCUT2D eigenvalue weighted by Crippen LogP contribution is -2.43. The summed E-state index contributed by atoms with van der Waals surface area (Å²) in [7, 11) is -3.72. The summed E-state index contributed by atoms with van der Waals surface area (Å²) in [6.45, 7) is 0.454. The van der Waals surface area contributed by atoms with Crippen LogP contribution in [-0.4, -0.2) is 41.8 Å². The summed E-state index contributed by atoms with van der Waals surface area (Å²) in [4.78, 5) is 17.8. The number of aromatic hydroxyl groups is 1. The number of fused-ring (bicyclic) bond motifs is 1. The van der Waals surface area contributed by atoms with E-state index in [1.807, 2.05) is 24.3 Å². The van der Waals surface area contributed by atoms with Crippen LogP contribution in [0, 0.1) is 5.92 Å². The predicted octanol–water partition coefficient (Wildman–Crippen LogP) is 5.36. The number of thiazole rings is 1. The Balaban J connectivity index is 1.33. The molecule has 1 unspecified atom stereocenters. The predicted molar refractivity (Wildman–Crippen MR) is 138 cm³/mol. The van der Waals surface area contributed by atoms with Crippen molar-refractivity contribution in [1.82, 2.24) is 9.29 Å². The Morgan fingerprint density at radius 3 is 2.66 bits per heavy atom. The van der Waals surface area contributed by atoms with Crippen LogP contribution in [0.15, 0.2) is 71.6 Å². The summed E-state index contributed by atoms with van der Waals surface area (Å²) >= 11 is 7.35. The van der Waals surface area contributed by atoms with Crippen molar-refractivity contribution in [2.24, 2.45) is 5.92 Å². The van der Waals surface area contributed by atoms with E-state index in [0.717, 1.165) is 10.2 Å². The molecule has 35 heavy (non-hydrogen) atoms. The fourth-order valence-electron chi connectivity index (χ4n) is 4.15. The van der Waals surface area contributed by atoms with Gasteiger partial charge in [0.25, 0.3) is 0 Å². The third kappa shape index (κ3) is 4.90. The first-order valence-electron chi connectivity index (χ1n) is 11.1. The molecule has 1 aromatic heterocycles. The van der Waals surface area contributed by atoms with Crippen LogP contribution in [0.5, 0.6) is 5.75 Å². The lowest BCUT2D eigenvalue weighted by molar-refractivity contribution is -0.120. The fraction of sp³-hybridized carbons (Fsp3) is 0.200. The summed E-state index contributed by atoms with van der Waals surface area (Å²) in [5.74, 6) is -0.688. The molecule has 10 heteroatoms. The maximum absolute atomic E-state index is 13.1. The van der Waals surface area contributed by atoms with Crippen molar-refractivity contribution in [3.8, 4) is 16.3 Å². The van der Waals surface area contributed by atoms with Crippen molar-refractivity contribution in [2.45, 2.75) is 17.7 Å². The van der Waals surface area contributed by atoms with E-state index >= 15 is 0 Å². The summed E-state index contributed by atoms with van der Waals surface area (Å²) < 4.78 is 28.5. The number of phenols is 1. The average Bonchev–Trinajstić information content (AvgIpc) is 3.29. The number of hydrogen-bond donors (Lipinski definition) is 2.